The fourth-order valence-electron chi connectivity index (χ4n) is 6.25. The third-order valence-electron chi connectivity index (χ3n) is 8.29. The van der Waals surface area contributed by atoms with E-state index in [0.717, 1.165) is 17.2 Å². The van der Waals surface area contributed by atoms with Gasteiger partial charge in [0.1, 0.15) is 5.82 Å². The van der Waals surface area contributed by atoms with Crippen molar-refractivity contribution in [2.24, 2.45) is 0 Å². The number of thiophene rings is 2. The minimum atomic E-state index is 0.913. The molecule has 0 saturated heterocycles. The summed E-state index contributed by atoms with van der Waals surface area (Å²) in [6.45, 7) is 0. The molecule has 0 N–H and O–H groups in total. The van der Waals surface area contributed by atoms with E-state index in [2.05, 4.69) is 151 Å². The van der Waals surface area contributed by atoms with E-state index in [9.17, 15) is 0 Å². The smallest absolute Gasteiger partial charge is 0.138 e. The Morgan fingerprint density at radius 2 is 1.14 bits per heavy atom. The van der Waals surface area contributed by atoms with Gasteiger partial charge in [0.25, 0.3) is 0 Å². The highest BCUT2D eigenvalue weighted by atomic mass is 32.1. The van der Waals surface area contributed by atoms with Gasteiger partial charge in [-0.3, -0.25) is 4.90 Å². The van der Waals surface area contributed by atoms with Gasteiger partial charge in [0.15, 0.2) is 0 Å². The van der Waals surface area contributed by atoms with Crippen molar-refractivity contribution < 1.29 is 0 Å². The number of nitrogens with zero attached hydrogens (tertiary/aromatic N) is 2. The molecule has 0 aliphatic heterocycles. The van der Waals surface area contributed by atoms with E-state index in [1.165, 1.54) is 62.2 Å². The van der Waals surface area contributed by atoms with Crippen LogP contribution in [0.1, 0.15) is 0 Å². The lowest BCUT2D eigenvalue weighted by molar-refractivity contribution is 1.20. The largest absolute Gasteiger partial charge is 0.294 e. The first kappa shape index (κ1) is 24.6. The Kier molecular flexibility index (Phi) is 5.58. The topological polar surface area (TPSA) is 16.1 Å². The van der Waals surface area contributed by atoms with Crippen LogP contribution in [0.3, 0.4) is 0 Å². The lowest BCUT2D eigenvalue weighted by atomic mass is 10.0. The number of hydrogen-bond acceptors (Lipinski definition) is 4. The number of anilines is 3. The molecule has 0 aliphatic carbocycles. The summed E-state index contributed by atoms with van der Waals surface area (Å²) in [5, 5.41) is 7.59. The summed E-state index contributed by atoms with van der Waals surface area (Å²) in [6, 6.07) is 50.3. The molecule has 0 bridgehead atoms. The van der Waals surface area contributed by atoms with Gasteiger partial charge in [0.2, 0.25) is 0 Å². The maximum absolute atomic E-state index is 5.12. The Labute approximate surface area is 256 Å². The quantitative estimate of drug-likeness (QED) is 0.205. The van der Waals surface area contributed by atoms with Gasteiger partial charge in [-0.05, 0) is 70.4 Å². The number of aromatic nitrogens is 1. The van der Waals surface area contributed by atoms with Crippen molar-refractivity contribution in [2.45, 2.75) is 0 Å². The number of rotatable bonds is 4. The number of pyridine rings is 1. The second-order valence-corrected chi connectivity index (χ2v) is 13.0. The first-order valence-corrected chi connectivity index (χ1v) is 16.0. The van der Waals surface area contributed by atoms with E-state index >= 15 is 0 Å². The molecule has 3 heterocycles. The van der Waals surface area contributed by atoms with Crippen LogP contribution in [-0.4, -0.2) is 4.98 Å². The highest BCUT2D eigenvalue weighted by Crippen LogP contribution is 2.46. The fourth-order valence-corrected chi connectivity index (χ4v) is 8.46. The normalized spacial score (nSPS) is 11.7. The minimum absolute atomic E-state index is 0.913. The average Bonchev–Trinajstić information content (AvgIpc) is 3.62. The van der Waals surface area contributed by atoms with Crippen molar-refractivity contribution >= 4 is 91.0 Å². The van der Waals surface area contributed by atoms with Crippen LogP contribution in [0.2, 0.25) is 0 Å². The Bertz CT molecular complexity index is 2450. The van der Waals surface area contributed by atoms with Crippen molar-refractivity contribution in [1.29, 1.82) is 0 Å². The van der Waals surface area contributed by atoms with Crippen LogP contribution in [0.25, 0.3) is 62.2 Å². The zero-order chi connectivity index (χ0) is 28.3. The first-order valence-electron chi connectivity index (χ1n) is 14.4. The molecule has 3 aromatic heterocycles. The van der Waals surface area contributed by atoms with Crippen molar-refractivity contribution in [3.63, 3.8) is 0 Å². The highest BCUT2D eigenvalue weighted by molar-refractivity contribution is 7.26. The van der Waals surface area contributed by atoms with Crippen LogP contribution in [0.5, 0.6) is 0 Å². The van der Waals surface area contributed by atoms with Gasteiger partial charge in [-0.1, -0.05) is 91.0 Å². The molecule has 0 atom stereocenters. The Hall–Kier alpha value is -5.03. The van der Waals surface area contributed by atoms with Crippen molar-refractivity contribution in [1.82, 2.24) is 4.98 Å². The number of benzene rings is 6. The molecular formula is C39H24N2S2. The van der Waals surface area contributed by atoms with E-state index in [0.29, 0.717) is 0 Å². The monoisotopic (exact) mass is 584 g/mol. The molecule has 202 valence electrons. The molecule has 6 aromatic carbocycles. The van der Waals surface area contributed by atoms with Gasteiger partial charge in [-0.2, -0.15) is 0 Å². The van der Waals surface area contributed by atoms with E-state index < -0.39 is 0 Å². The molecule has 43 heavy (non-hydrogen) atoms. The molecule has 9 aromatic rings. The van der Waals surface area contributed by atoms with Gasteiger partial charge < -0.3 is 0 Å². The summed E-state index contributed by atoms with van der Waals surface area (Å²) >= 11 is 3.66. The Balaban J connectivity index is 1.29. The second kappa shape index (κ2) is 9.77. The third-order valence-corrected chi connectivity index (χ3v) is 10.5. The van der Waals surface area contributed by atoms with Gasteiger partial charge in [-0.15, -0.1) is 22.7 Å². The average molecular weight is 585 g/mol. The zero-order valence-corrected chi connectivity index (χ0v) is 24.7. The summed E-state index contributed by atoms with van der Waals surface area (Å²) in [5.41, 5.74) is 4.63. The van der Waals surface area contributed by atoms with E-state index in [-0.39, 0.29) is 0 Å². The molecule has 4 heteroatoms. The van der Waals surface area contributed by atoms with Crippen molar-refractivity contribution in [3.8, 4) is 11.1 Å². The van der Waals surface area contributed by atoms with Gasteiger partial charge in [-0.25, -0.2) is 4.98 Å². The first-order chi connectivity index (χ1) is 21.3. The molecule has 0 unspecified atom stereocenters. The summed E-state index contributed by atoms with van der Waals surface area (Å²) < 4.78 is 5.06. The highest BCUT2D eigenvalue weighted by Gasteiger charge is 2.20. The van der Waals surface area contributed by atoms with Crippen LogP contribution in [0.15, 0.2) is 146 Å². The summed E-state index contributed by atoms with van der Waals surface area (Å²) in [6.07, 6.45) is 2.05. The van der Waals surface area contributed by atoms with E-state index in [1.807, 2.05) is 22.7 Å². The summed E-state index contributed by atoms with van der Waals surface area (Å²) in [7, 11) is 0. The zero-order valence-electron chi connectivity index (χ0n) is 23.1. The maximum atomic E-state index is 5.12. The molecule has 0 amide bonds. The molecule has 0 saturated carbocycles. The van der Waals surface area contributed by atoms with Crippen molar-refractivity contribution in [2.75, 3.05) is 4.90 Å². The van der Waals surface area contributed by atoms with Crippen LogP contribution >= 0.6 is 22.7 Å². The van der Waals surface area contributed by atoms with Gasteiger partial charge >= 0.3 is 0 Å². The van der Waals surface area contributed by atoms with Crippen LogP contribution in [0.4, 0.5) is 17.2 Å². The molecule has 9 rings (SSSR count). The number of hydrogen-bond donors (Lipinski definition) is 0. The van der Waals surface area contributed by atoms with E-state index in [1.54, 1.807) is 0 Å². The Morgan fingerprint density at radius 3 is 2.00 bits per heavy atom. The summed E-state index contributed by atoms with van der Waals surface area (Å²) in [5.74, 6) is 0.913. The van der Waals surface area contributed by atoms with Crippen LogP contribution in [-0.2, 0) is 0 Å². The molecule has 0 radical (unpaired) electrons. The predicted octanol–water partition coefficient (Wildman–Crippen LogP) is 12.1. The predicted molar refractivity (Wildman–Crippen MR) is 188 cm³/mol. The van der Waals surface area contributed by atoms with Crippen LogP contribution < -0.4 is 4.90 Å². The lowest BCUT2D eigenvalue weighted by Gasteiger charge is -2.25. The Morgan fingerprint density at radius 1 is 0.465 bits per heavy atom. The van der Waals surface area contributed by atoms with Crippen LogP contribution in [0, 0.1) is 0 Å². The standard InChI is InChI=1S/C39H24N2S2/c1-2-9-25(10-3-1)26-17-19-29(20-18-26)41(33-14-8-16-35-39(33)30-13-6-7-15-34(30)42-35)38-23-32-31-21-27-11-4-5-12-28(27)22-36(31)43-37(32)24-40-38/h1-24H. The molecule has 0 fully saturated rings. The molecule has 2 nitrogen and oxygen atoms in total. The van der Waals surface area contributed by atoms with E-state index in [4.69, 9.17) is 4.98 Å². The summed E-state index contributed by atoms with van der Waals surface area (Å²) in [4.78, 5) is 7.45. The maximum Gasteiger partial charge on any atom is 0.138 e. The van der Waals surface area contributed by atoms with Gasteiger partial charge in [0.05, 0.1) is 10.4 Å². The molecule has 0 spiro atoms. The second-order valence-electron chi connectivity index (χ2n) is 10.8. The minimum Gasteiger partial charge on any atom is -0.294 e. The number of fused-ring (bicyclic) bond motifs is 7. The lowest BCUT2D eigenvalue weighted by Crippen LogP contribution is -2.11. The SMILES string of the molecule is c1ccc(-c2ccc(N(c3cc4c(cn3)sc3cc5ccccc5cc34)c3cccc4sc5ccccc5c34)cc2)cc1. The molecule has 0 aliphatic rings. The fraction of sp³-hybridized carbons (Fsp3) is 0. The third kappa shape index (κ3) is 4.03. The van der Waals surface area contributed by atoms with Crippen molar-refractivity contribution in [3.05, 3.63) is 146 Å². The van der Waals surface area contributed by atoms with Gasteiger partial charge in [0, 0.05) is 47.5 Å². The molecular weight excluding hydrogens is 561 g/mol.